The van der Waals surface area contributed by atoms with Gasteiger partial charge < -0.3 is 0 Å². The van der Waals surface area contributed by atoms with E-state index in [-0.39, 0.29) is 11.2 Å². The average molecular weight is 181 g/mol. The van der Waals surface area contributed by atoms with Crippen LogP contribution in [0.15, 0.2) is 23.7 Å². The van der Waals surface area contributed by atoms with Crippen molar-refractivity contribution in [1.29, 1.82) is 0 Å². The molecule has 1 aromatic heterocycles. The summed E-state index contributed by atoms with van der Waals surface area (Å²) < 4.78 is 7.92. The zero-order chi connectivity index (χ0) is 9.42. The number of nitro groups is 1. The summed E-state index contributed by atoms with van der Waals surface area (Å²) in [5, 5.41) is 10.4. The Hall–Kier alpha value is -1.49. The van der Waals surface area contributed by atoms with E-state index in [9.17, 15) is 10.1 Å². The first kappa shape index (κ1) is 6.07. The minimum Gasteiger partial charge on any atom is -0.258 e. The number of rotatable bonds is 1. The molecule has 5 heteroatoms. The van der Waals surface area contributed by atoms with Crippen LogP contribution in [0.3, 0.4) is 0 Å². The zero-order valence-corrected chi connectivity index (χ0v) is 6.67. The van der Waals surface area contributed by atoms with Crippen molar-refractivity contribution in [2.45, 2.75) is 0 Å². The second-order valence-corrected chi connectivity index (χ2v) is 3.04. The first-order valence-electron chi connectivity index (χ1n) is 3.68. The normalized spacial score (nSPS) is 11.5. The van der Waals surface area contributed by atoms with E-state index in [1.807, 2.05) is 0 Å². The van der Waals surface area contributed by atoms with E-state index in [0.717, 1.165) is 11.3 Å². The van der Waals surface area contributed by atoms with Gasteiger partial charge in [-0.05, 0) is 6.07 Å². The second-order valence-electron chi connectivity index (χ2n) is 2.21. The van der Waals surface area contributed by atoms with Crippen LogP contribution in [0.25, 0.3) is 10.2 Å². The van der Waals surface area contributed by atoms with Gasteiger partial charge in [0, 0.05) is 12.1 Å². The van der Waals surface area contributed by atoms with Gasteiger partial charge in [-0.1, -0.05) is 0 Å². The summed E-state index contributed by atoms with van der Waals surface area (Å²) in [7, 11) is 0. The lowest BCUT2D eigenvalue weighted by molar-refractivity contribution is -0.384. The molecule has 0 spiro atoms. The SMILES string of the molecule is [2H]c1nc2ccc([N+](=O)[O-])cc2s1. The monoisotopic (exact) mass is 181 g/mol. The maximum Gasteiger partial charge on any atom is 0.270 e. The lowest BCUT2D eigenvalue weighted by atomic mass is 10.3. The molecule has 0 aliphatic carbocycles. The predicted molar refractivity (Wildman–Crippen MR) is 46.3 cm³/mol. The maximum absolute atomic E-state index is 10.4. The summed E-state index contributed by atoms with van der Waals surface area (Å²) in [5.41, 5.74) is 0.854. The van der Waals surface area contributed by atoms with Crippen LogP contribution in [0.5, 0.6) is 0 Å². The maximum atomic E-state index is 10.4. The number of hydrogen-bond acceptors (Lipinski definition) is 4. The van der Waals surface area contributed by atoms with E-state index in [0.29, 0.717) is 10.2 Å². The van der Waals surface area contributed by atoms with Crippen LogP contribution >= 0.6 is 11.3 Å². The largest absolute Gasteiger partial charge is 0.270 e. The Bertz CT molecular complexity index is 482. The summed E-state index contributed by atoms with van der Waals surface area (Å²) in [6.45, 7) is 0. The van der Waals surface area contributed by atoms with Gasteiger partial charge >= 0.3 is 0 Å². The van der Waals surface area contributed by atoms with Crippen molar-refractivity contribution in [3.05, 3.63) is 33.8 Å². The third-order valence-electron chi connectivity index (χ3n) is 1.48. The van der Waals surface area contributed by atoms with Crippen molar-refractivity contribution >= 4 is 27.2 Å². The highest BCUT2D eigenvalue weighted by Crippen LogP contribution is 2.22. The fourth-order valence-electron chi connectivity index (χ4n) is 0.912. The van der Waals surface area contributed by atoms with E-state index in [4.69, 9.17) is 1.37 Å². The topological polar surface area (TPSA) is 56.0 Å². The van der Waals surface area contributed by atoms with Crippen LogP contribution in [0.1, 0.15) is 1.37 Å². The Morgan fingerprint density at radius 2 is 2.50 bits per heavy atom. The van der Waals surface area contributed by atoms with Gasteiger partial charge in [0.05, 0.1) is 22.0 Å². The number of nitro benzene ring substituents is 1. The third-order valence-corrected chi connectivity index (χ3v) is 2.21. The van der Waals surface area contributed by atoms with Crippen LogP contribution < -0.4 is 0 Å². The standard InChI is InChI=1S/C7H4N2O2S/c10-9(11)5-1-2-6-7(3-5)12-4-8-6/h1-4H/i4D. The van der Waals surface area contributed by atoms with Crippen LogP contribution in [-0.2, 0) is 0 Å². The van der Waals surface area contributed by atoms with Crippen molar-refractivity contribution in [2.75, 3.05) is 0 Å². The molecule has 4 nitrogen and oxygen atoms in total. The molecular weight excluding hydrogens is 176 g/mol. The fourth-order valence-corrected chi connectivity index (χ4v) is 1.55. The zero-order valence-electron chi connectivity index (χ0n) is 6.85. The summed E-state index contributed by atoms with van der Waals surface area (Å²) in [4.78, 5) is 13.8. The number of thiazole rings is 1. The average Bonchev–Trinajstić information content (AvgIpc) is 2.42. The molecule has 0 unspecified atom stereocenters. The molecule has 2 rings (SSSR count). The highest BCUT2D eigenvalue weighted by atomic mass is 32.1. The molecule has 1 aromatic carbocycles. The molecule has 12 heavy (non-hydrogen) atoms. The smallest absolute Gasteiger partial charge is 0.258 e. The fraction of sp³-hybridized carbons (Fsp3) is 0. The van der Waals surface area contributed by atoms with E-state index in [1.54, 1.807) is 6.07 Å². The summed E-state index contributed by atoms with van der Waals surface area (Å²) in [6.07, 6.45) is 0. The minimum atomic E-state index is -0.456. The van der Waals surface area contributed by atoms with E-state index < -0.39 is 4.92 Å². The van der Waals surface area contributed by atoms with Gasteiger partial charge in [0.2, 0.25) is 0 Å². The predicted octanol–water partition coefficient (Wildman–Crippen LogP) is 2.20. The highest BCUT2D eigenvalue weighted by molar-refractivity contribution is 7.16. The number of hydrogen-bond donors (Lipinski definition) is 0. The van der Waals surface area contributed by atoms with Crippen molar-refractivity contribution in [2.24, 2.45) is 0 Å². The number of aromatic nitrogens is 1. The summed E-state index contributed by atoms with van der Waals surface area (Å²) in [5.74, 6) is 0. The lowest BCUT2D eigenvalue weighted by Crippen LogP contribution is -1.85. The van der Waals surface area contributed by atoms with Crippen LogP contribution in [-0.4, -0.2) is 9.91 Å². The number of nitrogens with zero attached hydrogens (tertiary/aromatic N) is 2. The number of fused-ring (bicyclic) bond motifs is 1. The molecule has 0 aliphatic heterocycles. The molecule has 2 aromatic rings. The molecule has 1 heterocycles. The van der Waals surface area contributed by atoms with E-state index >= 15 is 0 Å². The van der Waals surface area contributed by atoms with E-state index in [1.165, 1.54) is 12.1 Å². The molecule has 0 amide bonds. The Morgan fingerprint density at radius 1 is 1.67 bits per heavy atom. The van der Waals surface area contributed by atoms with Crippen molar-refractivity contribution < 1.29 is 6.29 Å². The van der Waals surface area contributed by atoms with Crippen molar-refractivity contribution in [3.8, 4) is 0 Å². The quantitative estimate of drug-likeness (QED) is 0.500. The molecule has 0 atom stereocenters. The van der Waals surface area contributed by atoms with Crippen LogP contribution in [0.4, 0.5) is 5.69 Å². The first-order chi connectivity index (χ1) is 6.16. The van der Waals surface area contributed by atoms with Crippen molar-refractivity contribution in [3.63, 3.8) is 0 Å². The molecule has 0 saturated heterocycles. The molecular formula is C7H4N2O2S. The first-order valence-corrected chi connectivity index (χ1v) is 4.00. The summed E-state index contributed by atoms with van der Waals surface area (Å²) in [6, 6.07) is 4.38. The Labute approximate surface area is 73.0 Å². The van der Waals surface area contributed by atoms with Gasteiger partial charge in [-0.2, -0.15) is 0 Å². The van der Waals surface area contributed by atoms with Crippen molar-refractivity contribution in [1.82, 2.24) is 4.98 Å². The Balaban J connectivity index is 2.67. The van der Waals surface area contributed by atoms with Gasteiger partial charge in [-0.15, -0.1) is 11.3 Å². The van der Waals surface area contributed by atoms with Gasteiger partial charge in [0.1, 0.15) is 0 Å². The molecule has 0 saturated carbocycles. The third kappa shape index (κ3) is 1.04. The second kappa shape index (κ2) is 2.53. The van der Waals surface area contributed by atoms with Crippen LogP contribution in [0.2, 0.25) is 0 Å². The molecule has 0 radical (unpaired) electrons. The molecule has 0 aliphatic rings. The number of non-ortho nitro benzene ring substituents is 1. The van der Waals surface area contributed by atoms with Gasteiger partial charge in [0.15, 0.2) is 0 Å². The van der Waals surface area contributed by atoms with Crippen LogP contribution in [0, 0.1) is 10.1 Å². The molecule has 0 fully saturated rings. The molecule has 0 bridgehead atoms. The highest BCUT2D eigenvalue weighted by Gasteiger charge is 2.06. The number of benzene rings is 1. The van der Waals surface area contributed by atoms with Gasteiger partial charge in [-0.25, -0.2) is 4.98 Å². The lowest BCUT2D eigenvalue weighted by Gasteiger charge is -1.89. The Kier molecular flexibility index (Phi) is 1.28. The summed E-state index contributed by atoms with van der Waals surface area (Å²) >= 11 is 1.13. The van der Waals surface area contributed by atoms with Gasteiger partial charge in [0.25, 0.3) is 5.69 Å². The molecule has 0 N–H and O–H groups in total. The Morgan fingerprint density at radius 3 is 3.25 bits per heavy atom. The van der Waals surface area contributed by atoms with Gasteiger partial charge in [-0.3, -0.25) is 10.1 Å². The minimum absolute atomic E-state index is 0.0381. The molecule has 60 valence electrons. The van der Waals surface area contributed by atoms with E-state index in [2.05, 4.69) is 4.98 Å².